The number of benzene rings is 1. The van der Waals surface area contributed by atoms with Gasteiger partial charge in [0.2, 0.25) is 5.82 Å². The molecule has 4 nitrogen and oxygen atoms in total. The van der Waals surface area contributed by atoms with Gasteiger partial charge in [0, 0.05) is 11.8 Å². The Kier molecular flexibility index (Phi) is 3.54. The van der Waals surface area contributed by atoms with Gasteiger partial charge in [-0.1, -0.05) is 36.7 Å². The second-order valence-corrected chi connectivity index (χ2v) is 4.59. The molecule has 2 aromatic heterocycles. The zero-order valence-electron chi connectivity index (χ0n) is 11.3. The van der Waals surface area contributed by atoms with E-state index < -0.39 is 0 Å². The van der Waals surface area contributed by atoms with Crippen molar-refractivity contribution in [2.24, 2.45) is 0 Å². The van der Waals surface area contributed by atoms with Crippen LogP contribution in [0.1, 0.15) is 18.9 Å². The van der Waals surface area contributed by atoms with Crippen molar-refractivity contribution < 1.29 is 4.52 Å². The van der Waals surface area contributed by atoms with E-state index in [1.165, 1.54) is 5.56 Å². The Bertz CT molecular complexity index is 674. The van der Waals surface area contributed by atoms with Gasteiger partial charge in [-0.25, -0.2) is 0 Å². The molecule has 1 aromatic carbocycles. The van der Waals surface area contributed by atoms with Crippen LogP contribution in [0, 0.1) is 0 Å². The minimum absolute atomic E-state index is 0.512. The molecule has 4 heteroatoms. The summed E-state index contributed by atoms with van der Waals surface area (Å²) in [6.07, 6.45) is 3.94. The maximum Gasteiger partial charge on any atom is 0.258 e. The molecule has 0 aliphatic carbocycles. The summed E-state index contributed by atoms with van der Waals surface area (Å²) >= 11 is 0. The number of hydrogen-bond donors (Lipinski definition) is 0. The van der Waals surface area contributed by atoms with Crippen LogP contribution in [0.15, 0.2) is 53.2 Å². The van der Waals surface area contributed by atoms with E-state index in [2.05, 4.69) is 34.2 Å². The molecule has 20 heavy (non-hydrogen) atoms. The van der Waals surface area contributed by atoms with Crippen molar-refractivity contribution in [2.45, 2.75) is 19.8 Å². The third kappa shape index (κ3) is 2.59. The summed E-state index contributed by atoms with van der Waals surface area (Å²) in [5, 5.41) is 3.97. The predicted molar refractivity (Wildman–Crippen MR) is 77.0 cm³/mol. The lowest BCUT2D eigenvalue weighted by Crippen LogP contribution is -1.85. The standard InChI is InChI=1S/C16H15N3O/c1-2-5-12-7-9-13(10-8-12)16-18-15(19-20-16)14-6-3-4-11-17-14/h3-4,6-11H,2,5H2,1H3. The third-order valence-corrected chi connectivity index (χ3v) is 3.06. The normalized spacial score (nSPS) is 10.7. The molecule has 0 bridgehead atoms. The van der Waals surface area contributed by atoms with Gasteiger partial charge >= 0.3 is 0 Å². The van der Waals surface area contributed by atoms with Crippen molar-refractivity contribution in [1.82, 2.24) is 15.1 Å². The number of pyridine rings is 1. The summed E-state index contributed by atoms with van der Waals surface area (Å²) in [6.45, 7) is 2.17. The van der Waals surface area contributed by atoms with E-state index in [1.54, 1.807) is 6.20 Å². The molecule has 3 rings (SSSR count). The average Bonchev–Trinajstić information content (AvgIpc) is 2.99. The number of hydrogen-bond acceptors (Lipinski definition) is 4. The largest absolute Gasteiger partial charge is 0.334 e. The van der Waals surface area contributed by atoms with Crippen LogP contribution in [0.25, 0.3) is 23.0 Å². The highest BCUT2D eigenvalue weighted by molar-refractivity contribution is 5.57. The average molecular weight is 265 g/mol. The Balaban J connectivity index is 1.86. The van der Waals surface area contributed by atoms with Gasteiger partial charge in [-0.05, 0) is 36.2 Å². The number of nitrogens with zero attached hydrogens (tertiary/aromatic N) is 3. The third-order valence-electron chi connectivity index (χ3n) is 3.06. The van der Waals surface area contributed by atoms with E-state index in [9.17, 15) is 0 Å². The van der Waals surface area contributed by atoms with E-state index in [-0.39, 0.29) is 0 Å². The SMILES string of the molecule is CCCc1ccc(-c2nc(-c3ccccn3)no2)cc1. The lowest BCUT2D eigenvalue weighted by molar-refractivity contribution is 0.432. The van der Waals surface area contributed by atoms with Gasteiger partial charge in [0.15, 0.2) is 0 Å². The lowest BCUT2D eigenvalue weighted by Gasteiger charge is -1.98. The molecule has 0 atom stereocenters. The van der Waals surface area contributed by atoms with E-state index >= 15 is 0 Å². The highest BCUT2D eigenvalue weighted by atomic mass is 16.5. The first-order chi connectivity index (χ1) is 9.86. The molecule has 0 radical (unpaired) electrons. The van der Waals surface area contributed by atoms with Crippen LogP contribution < -0.4 is 0 Å². The summed E-state index contributed by atoms with van der Waals surface area (Å²) in [7, 11) is 0. The number of aryl methyl sites for hydroxylation is 1. The minimum atomic E-state index is 0.512. The molecule has 3 aromatic rings. The molecule has 2 heterocycles. The molecule has 0 saturated carbocycles. The van der Waals surface area contributed by atoms with Crippen LogP contribution in [0.5, 0.6) is 0 Å². The minimum Gasteiger partial charge on any atom is -0.334 e. The Labute approximate surface area is 117 Å². The highest BCUT2D eigenvalue weighted by Crippen LogP contribution is 2.21. The molecule has 0 aliphatic rings. The van der Waals surface area contributed by atoms with Crippen LogP contribution >= 0.6 is 0 Å². The Morgan fingerprint density at radius 3 is 2.60 bits per heavy atom. The van der Waals surface area contributed by atoms with E-state index in [1.807, 2.05) is 30.3 Å². The maximum atomic E-state index is 5.30. The second kappa shape index (κ2) is 5.65. The summed E-state index contributed by atoms with van der Waals surface area (Å²) in [6, 6.07) is 13.8. The van der Waals surface area contributed by atoms with Crippen molar-refractivity contribution in [3.8, 4) is 23.0 Å². The summed E-state index contributed by atoms with van der Waals surface area (Å²) in [4.78, 5) is 8.60. The fraction of sp³-hybridized carbons (Fsp3) is 0.188. The van der Waals surface area contributed by atoms with Crippen molar-refractivity contribution >= 4 is 0 Å². The Morgan fingerprint density at radius 1 is 1.05 bits per heavy atom. The van der Waals surface area contributed by atoms with Crippen LogP contribution in [0.4, 0.5) is 0 Å². The van der Waals surface area contributed by atoms with E-state index in [0.29, 0.717) is 17.4 Å². The van der Waals surface area contributed by atoms with E-state index in [4.69, 9.17) is 4.52 Å². The van der Waals surface area contributed by atoms with Gasteiger partial charge in [0.05, 0.1) is 0 Å². The van der Waals surface area contributed by atoms with Crippen molar-refractivity contribution in [3.05, 3.63) is 54.2 Å². The van der Waals surface area contributed by atoms with Crippen molar-refractivity contribution in [2.75, 3.05) is 0 Å². The van der Waals surface area contributed by atoms with Gasteiger partial charge in [-0.15, -0.1) is 0 Å². The molecule has 0 spiro atoms. The molecule has 0 unspecified atom stereocenters. The van der Waals surface area contributed by atoms with Gasteiger partial charge in [0.25, 0.3) is 5.89 Å². The Hall–Kier alpha value is -2.49. The maximum absolute atomic E-state index is 5.30. The molecule has 0 aliphatic heterocycles. The first-order valence-corrected chi connectivity index (χ1v) is 6.71. The van der Waals surface area contributed by atoms with Gasteiger partial charge < -0.3 is 4.52 Å². The molecule has 0 amide bonds. The van der Waals surface area contributed by atoms with Gasteiger partial charge in [-0.2, -0.15) is 4.98 Å². The van der Waals surface area contributed by atoms with E-state index in [0.717, 1.165) is 18.4 Å². The molecular weight excluding hydrogens is 250 g/mol. The molecule has 0 N–H and O–H groups in total. The summed E-state index contributed by atoms with van der Waals surface area (Å²) in [5.41, 5.74) is 2.96. The topological polar surface area (TPSA) is 51.8 Å². The summed E-state index contributed by atoms with van der Waals surface area (Å²) in [5.74, 6) is 1.03. The molecule has 100 valence electrons. The number of rotatable bonds is 4. The molecule has 0 fully saturated rings. The van der Waals surface area contributed by atoms with Gasteiger partial charge in [0.1, 0.15) is 5.69 Å². The summed E-state index contributed by atoms with van der Waals surface area (Å²) < 4.78 is 5.30. The smallest absolute Gasteiger partial charge is 0.258 e. The predicted octanol–water partition coefficient (Wildman–Crippen LogP) is 3.75. The first-order valence-electron chi connectivity index (χ1n) is 6.71. The second-order valence-electron chi connectivity index (χ2n) is 4.59. The monoisotopic (exact) mass is 265 g/mol. The van der Waals surface area contributed by atoms with Crippen LogP contribution in [0.2, 0.25) is 0 Å². The molecular formula is C16H15N3O. The van der Waals surface area contributed by atoms with Crippen LogP contribution in [-0.4, -0.2) is 15.1 Å². The number of aromatic nitrogens is 3. The zero-order chi connectivity index (χ0) is 13.8. The fourth-order valence-electron chi connectivity index (χ4n) is 2.04. The quantitative estimate of drug-likeness (QED) is 0.721. The molecule has 0 saturated heterocycles. The first kappa shape index (κ1) is 12.5. The van der Waals surface area contributed by atoms with Crippen LogP contribution in [-0.2, 0) is 6.42 Å². The van der Waals surface area contributed by atoms with Crippen molar-refractivity contribution in [3.63, 3.8) is 0 Å². The van der Waals surface area contributed by atoms with Gasteiger partial charge in [-0.3, -0.25) is 4.98 Å². The highest BCUT2D eigenvalue weighted by Gasteiger charge is 2.10. The fourth-order valence-corrected chi connectivity index (χ4v) is 2.04. The Morgan fingerprint density at radius 2 is 1.90 bits per heavy atom. The van der Waals surface area contributed by atoms with Crippen molar-refractivity contribution in [1.29, 1.82) is 0 Å². The zero-order valence-corrected chi connectivity index (χ0v) is 11.3. The van der Waals surface area contributed by atoms with Crippen LogP contribution in [0.3, 0.4) is 0 Å². The lowest BCUT2D eigenvalue weighted by atomic mass is 10.1.